The van der Waals surface area contributed by atoms with Crippen molar-refractivity contribution in [3.05, 3.63) is 69.5 Å². The molecule has 1 aromatic heterocycles. The van der Waals surface area contributed by atoms with Crippen LogP contribution in [0.5, 0.6) is 0 Å². The second-order valence-corrected chi connectivity index (χ2v) is 11.2. The van der Waals surface area contributed by atoms with E-state index in [0.717, 1.165) is 53.1 Å². The second kappa shape index (κ2) is 10.1. The third-order valence-electron chi connectivity index (χ3n) is 7.83. The number of pyridine rings is 1. The quantitative estimate of drug-likeness (QED) is 0.530. The van der Waals surface area contributed by atoms with Gasteiger partial charge in [0, 0.05) is 36.0 Å². The molecule has 2 aliphatic heterocycles. The monoisotopic (exact) mass is 517 g/mol. The molecule has 2 atom stereocenters. The van der Waals surface area contributed by atoms with E-state index in [4.69, 9.17) is 14.5 Å². The maximum Gasteiger partial charge on any atom is 0.416 e. The van der Waals surface area contributed by atoms with E-state index in [0.29, 0.717) is 56.8 Å². The molecule has 2 aromatic rings. The molecule has 1 aromatic carbocycles. The van der Waals surface area contributed by atoms with E-state index in [-0.39, 0.29) is 11.3 Å². The van der Waals surface area contributed by atoms with Crippen molar-refractivity contribution in [2.24, 2.45) is 5.41 Å². The predicted octanol–water partition coefficient (Wildman–Crippen LogP) is 5.89. The first-order chi connectivity index (χ1) is 17.5. The van der Waals surface area contributed by atoms with Crippen LogP contribution in [0.2, 0.25) is 0 Å². The van der Waals surface area contributed by atoms with Crippen LogP contribution in [0, 0.1) is 5.41 Å². The van der Waals surface area contributed by atoms with E-state index >= 15 is 0 Å². The van der Waals surface area contributed by atoms with E-state index < -0.39 is 23.9 Å². The van der Waals surface area contributed by atoms with Gasteiger partial charge in [-0.15, -0.1) is 0 Å². The van der Waals surface area contributed by atoms with E-state index in [1.807, 2.05) is 6.08 Å². The summed E-state index contributed by atoms with van der Waals surface area (Å²) in [5, 5.41) is 23.2. The lowest BCUT2D eigenvalue weighted by Crippen LogP contribution is -2.30. The Bertz CT molecular complexity index is 1170. The summed E-state index contributed by atoms with van der Waals surface area (Å²) in [4.78, 5) is 5.13. The van der Waals surface area contributed by atoms with Crippen LogP contribution in [0.1, 0.15) is 96.9 Å². The molecule has 5 nitrogen and oxygen atoms in total. The topological polar surface area (TPSA) is 71.8 Å². The molecule has 2 N–H and O–H groups in total. The van der Waals surface area contributed by atoms with Crippen LogP contribution in [0.4, 0.5) is 13.2 Å². The van der Waals surface area contributed by atoms with Gasteiger partial charge in [-0.3, -0.25) is 4.98 Å². The van der Waals surface area contributed by atoms with Gasteiger partial charge in [-0.05, 0) is 66.4 Å². The molecule has 200 valence electrons. The largest absolute Gasteiger partial charge is 0.416 e. The minimum atomic E-state index is -4.46. The molecule has 2 unspecified atom stereocenters. The van der Waals surface area contributed by atoms with Gasteiger partial charge in [0.1, 0.15) is 6.10 Å². The molecule has 5 rings (SSSR count). The minimum absolute atomic E-state index is 0.0412. The summed E-state index contributed by atoms with van der Waals surface area (Å²) in [7, 11) is 0. The molecule has 1 aliphatic carbocycles. The van der Waals surface area contributed by atoms with Crippen molar-refractivity contribution in [3.8, 4) is 0 Å². The lowest BCUT2D eigenvalue weighted by atomic mass is 9.71. The second-order valence-electron chi connectivity index (χ2n) is 11.2. The number of nitrogens with zero attached hydrogens (tertiary/aromatic N) is 1. The zero-order chi connectivity index (χ0) is 26.4. The molecule has 8 heteroatoms. The summed E-state index contributed by atoms with van der Waals surface area (Å²) in [6.45, 7) is 6.35. The number of halogens is 3. The molecular formula is C29H34F3NO4. The van der Waals surface area contributed by atoms with Gasteiger partial charge in [0.15, 0.2) is 0 Å². The highest BCUT2D eigenvalue weighted by molar-refractivity contribution is 5.75. The van der Waals surface area contributed by atoms with Gasteiger partial charge in [0.05, 0.1) is 30.6 Å². The van der Waals surface area contributed by atoms with Crippen LogP contribution < -0.4 is 0 Å². The van der Waals surface area contributed by atoms with Crippen molar-refractivity contribution in [2.75, 3.05) is 26.4 Å². The minimum Gasteiger partial charge on any atom is -0.388 e. The lowest BCUT2D eigenvalue weighted by molar-refractivity contribution is -0.137. The maximum atomic E-state index is 13.2. The highest BCUT2D eigenvalue weighted by Crippen LogP contribution is 2.48. The van der Waals surface area contributed by atoms with Crippen molar-refractivity contribution >= 4 is 5.57 Å². The van der Waals surface area contributed by atoms with E-state index in [2.05, 4.69) is 13.8 Å². The first kappa shape index (κ1) is 26.4. The van der Waals surface area contributed by atoms with Crippen LogP contribution >= 0.6 is 0 Å². The van der Waals surface area contributed by atoms with E-state index in [9.17, 15) is 23.4 Å². The number of hydrogen-bond acceptors (Lipinski definition) is 5. The Morgan fingerprint density at radius 2 is 1.76 bits per heavy atom. The third-order valence-corrected chi connectivity index (χ3v) is 7.83. The Kier molecular flexibility index (Phi) is 7.22. The van der Waals surface area contributed by atoms with Gasteiger partial charge in [-0.1, -0.05) is 32.1 Å². The number of hydrogen-bond donors (Lipinski definition) is 2. The van der Waals surface area contributed by atoms with Crippen LogP contribution in [0.25, 0.3) is 5.57 Å². The normalized spacial score (nSPS) is 23.3. The fraction of sp³-hybridized carbons (Fsp3) is 0.552. The molecular weight excluding hydrogens is 483 g/mol. The van der Waals surface area contributed by atoms with E-state index in [1.165, 1.54) is 12.1 Å². The number of aromatic nitrogens is 1. The molecule has 0 amide bonds. The molecule has 3 aliphatic rings. The smallest absolute Gasteiger partial charge is 0.388 e. The molecule has 1 saturated heterocycles. The van der Waals surface area contributed by atoms with Gasteiger partial charge < -0.3 is 19.7 Å². The van der Waals surface area contributed by atoms with Gasteiger partial charge >= 0.3 is 6.18 Å². The van der Waals surface area contributed by atoms with Gasteiger partial charge in [0.2, 0.25) is 0 Å². The third kappa shape index (κ3) is 5.35. The van der Waals surface area contributed by atoms with Crippen molar-refractivity contribution in [1.29, 1.82) is 0 Å². The van der Waals surface area contributed by atoms with Crippen LogP contribution in [-0.2, 0) is 22.1 Å². The predicted molar refractivity (Wildman–Crippen MR) is 133 cm³/mol. The number of aliphatic hydroxyl groups is 2. The number of ether oxygens (including phenoxy) is 2. The first-order valence-electron chi connectivity index (χ1n) is 13.0. The maximum absolute atomic E-state index is 13.2. The fourth-order valence-electron chi connectivity index (χ4n) is 6.01. The SMILES string of the molecule is CC1(C)Cc2nc(C3CCOCC3)c(C(O)c3ccc(C(F)(F)F)cc3)c(C3=CCOCC3)c2C(O)C1. The summed E-state index contributed by atoms with van der Waals surface area (Å²) in [5.41, 5.74) is 4.19. The molecule has 3 heterocycles. The molecule has 1 fully saturated rings. The standard InChI is InChI=1S/C29H34F3NO4/c1-28(2)15-21-24(22(34)16-28)23(17-7-11-36-12-8-17)25(26(33-21)18-9-13-37-14-10-18)27(35)19-3-5-20(6-4-19)29(30,31)32/h3-7,18,22,27,34-35H,8-16H2,1-2H3. The first-order valence-corrected chi connectivity index (χ1v) is 13.0. The molecule has 37 heavy (non-hydrogen) atoms. The Hall–Kier alpha value is -2.26. The molecule has 0 spiro atoms. The summed E-state index contributed by atoms with van der Waals surface area (Å²) in [5.74, 6) is 0.0412. The Morgan fingerprint density at radius 3 is 2.38 bits per heavy atom. The van der Waals surface area contributed by atoms with Crippen LogP contribution in [0.3, 0.4) is 0 Å². The van der Waals surface area contributed by atoms with E-state index in [1.54, 1.807) is 0 Å². The number of benzene rings is 1. The molecule has 0 radical (unpaired) electrons. The number of aliphatic hydroxyl groups excluding tert-OH is 2. The summed E-state index contributed by atoms with van der Waals surface area (Å²) in [6, 6.07) is 4.68. The highest BCUT2D eigenvalue weighted by atomic mass is 19.4. The Labute approximate surface area is 215 Å². The summed E-state index contributed by atoms with van der Waals surface area (Å²) in [6.07, 6.45) is -1.06. The van der Waals surface area contributed by atoms with Gasteiger partial charge in [-0.2, -0.15) is 13.2 Å². The number of alkyl halides is 3. The average molecular weight is 518 g/mol. The summed E-state index contributed by atoms with van der Waals surface area (Å²) >= 11 is 0. The highest BCUT2D eigenvalue weighted by Gasteiger charge is 2.39. The van der Waals surface area contributed by atoms with Gasteiger partial charge in [0.25, 0.3) is 0 Å². The van der Waals surface area contributed by atoms with Crippen molar-refractivity contribution < 1.29 is 32.9 Å². The number of fused-ring (bicyclic) bond motifs is 1. The zero-order valence-corrected chi connectivity index (χ0v) is 21.3. The number of rotatable bonds is 4. The lowest BCUT2D eigenvalue weighted by Gasteiger charge is -2.39. The van der Waals surface area contributed by atoms with Crippen LogP contribution in [-0.4, -0.2) is 41.6 Å². The van der Waals surface area contributed by atoms with Crippen molar-refractivity contribution in [2.45, 2.75) is 70.3 Å². The average Bonchev–Trinajstić information content (AvgIpc) is 2.87. The van der Waals surface area contributed by atoms with Crippen molar-refractivity contribution in [3.63, 3.8) is 0 Å². The Balaban J connectivity index is 1.74. The molecule has 0 bridgehead atoms. The van der Waals surface area contributed by atoms with Crippen molar-refractivity contribution in [1.82, 2.24) is 4.98 Å². The van der Waals surface area contributed by atoms with Gasteiger partial charge in [-0.25, -0.2) is 0 Å². The summed E-state index contributed by atoms with van der Waals surface area (Å²) < 4.78 is 50.8. The van der Waals surface area contributed by atoms with Crippen LogP contribution in [0.15, 0.2) is 30.3 Å². The molecule has 0 saturated carbocycles. The zero-order valence-electron chi connectivity index (χ0n) is 21.3. The Morgan fingerprint density at radius 1 is 1.05 bits per heavy atom. The fourth-order valence-corrected chi connectivity index (χ4v) is 6.01.